The summed E-state index contributed by atoms with van der Waals surface area (Å²) in [5.41, 5.74) is 1.95. The maximum absolute atomic E-state index is 13.3. The van der Waals surface area contributed by atoms with Crippen LogP contribution in [0.15, 0.2) is 53.4 Å². The Morgan fingerprint density at radius 3 is 2.66 bits per heavy atom. The highest BCUT2D eigenvalue weighted by Crippen LogP contribution is 2.36. The summed E-state index contributed by atoms with van der Waals surface area (Å²) in [4.78, 5) is 12.7. The molecule has 1 atom stereocenters. The number of methoxy groups -OCH3 is 1. The highest BCUT2D eigenvalue weighted by atomic mass is 35.5. The van der Waals surface area contributed by atoms with E-state index in [2.05, 4.69) is 5.32 Å². The highest BCUT2D eigenvalue weighted by molar-refractivity contribution is 7.89. The summed E-state index contributed by atoms with van der Waals surface area (Å²) in [6, 6.07) is 13.3. The lowest BCUT2D eigenvalue weighted by Gasteiger charge is -2.36. The van der Waals surface area contributed by atoms with E-state index in [1.807, 2.05) is 24.3 Å². The number of nitrogens with zero attached hydrogens (tertiary/aromatic N) is 1. The maximum Gasteiger partial charge on any atom is 0.243 e. The summed E-state index contributed by atoms with van der Waals surface area (Å²) in [7, 11) is -2.16. The molecule has 3 rings (SSSR count). The molecule has 0 fully saturated rings. The molecule has 1 unspecified atom stereocenters. The Kier molecular flexibility index (Phi) is 7.29. The van der Waals surface area contributed by atoms with Crippen LogP contribution in [0.4, 0.5) is 0 Å². The maximum atomic E-state index is 13.3. The van der Waals surface area contributed by atoms with E-state index in [9.17, 15) is 13.2 Å². The van der Waals surface area contributed by atoms with Crippen LogP contribution in [0, 0.1) is 0 Å². The van der Waals surface area contributed by atoms with Gasteiger partial charge in [-0.3, -0.25) is 4.79 Å². The number of hydrogen-bond acceptors (Lipinski definition) is 4. The van der Waals surface area contributed by atoms with Gasteiger partial charge < -0.3 is 10.1 Å². The molecule has 1 heterocycles. The van der Waals surface area contributed by atoms with Crippen molar-refractivity contribution in [3.8, 4) is 0 Å². The molecular formula is C21H25ClN2O4S. The van der Waals surface area contributed by atoms with Crippen molar-refractivity contribution in [2.24, 2.45) is 0 Å². The van der Waals surface area contributed by atoms with E-state index in [4.69, 9.17) is 16.3 Å². The molecule has 1 aliphatic heterocycles. The zero-order valence-corrected chi connectivity index (χ0v) is 17.9. The number of nitrogens with one attached hydrogen (secondary N) is 1. The topological polar surface area (TPSA) is 75.7 Å². The number of rotatable bonds is 8. The van der Waals surface area contributed by atoms with E-state index in [-0.39, 0.29) is 17.2 Å². The molecule has 156 valence electrons. The Hall–Kier alpha value is -1.93. The second kappa shape index (κ2) is 9.71. The molecule has 0 aliphatic carbocycles. The molecule has 8 heteroatoms. The molecule has 0 saturated carbocycles. The number of hydrogen-bond donors (Lipinski definition) is 1. The monoisotopic (exact) mass is 436 g/mol. The van der Waals surface area contributed by atoms with Gasteiger partial charge in [0.1, 0.15) is 0 Å². The van der Waals surface area contributed by atoms with E-state index in [1.165, 1.54) is 16.4 Å². The summed E-state index contributed by atoms with van der Waals surface area (Å²) in [5.74, 6) is -0.181. The number of amides is 1. The summed E-state index contributed by atoms with van der Waals surface area (Å²) < 4.78 is 33.1. The van der Waals surface area contributed by atoms with Gasteiger partial charge in [0, 0.05) is 38.2 Å². The molecule has 0 aromatic heterocycles. The van der Waals surface area contributed by atoms with E-state index < -0.39 is 16.1 Å². The zero-order valence-electron chi connectivity index (χ0n) is 16.3. The van der Waals surface area contributed by atoms with Crippen LogP contribution in [0.5, 0.6) is 0 Å². The Morgan fingerprint density at radius 2 is 1.93 bits per heavy atom. The first kappa shape index (κ1) is 21.8. The van der Waals surface area contributed by atoms with Crippen molar-refractivity contribution in [3.63, 3.8) is 0 Å². The normalized spacial score (nSPS) is 17.0. The van der Waals surface area contributed by atoms with Crippen LogP contribution in [-0.4, -0.2) is 45.4 Å². The lowest BCUT2D eigenvalue weighted by molar-refractivity contribution is -0.122. The first-order valence-electron chi connectivity index (χ1n) is 9.54. The van der Waals surface area contributed by atoms with Gasteiger partial charge in [0.25, 0.3) is 0 Å². The number of carbonyl (C=O) groups excluding carboxylic acids is 1. The third-order valence-electron chi connectivity index (χ3n) is 5.01. The molecule has 1 N–H and O–H groups in total. The molecular weight excluding hydrogens is 412 g/mol. The van der Waals surface area contributed by atoms with Crippen LogP contribution in [0.3, 0.4) is 0 Å². The van der Waals surface area contributed by atoms with Crippen molar-refractivity contribution in [2.75, 3.05) is 26.8 Å². The minimum Gasteiger partial charge on any atom is -0.385 e. The van der Waals surface area contributed by atoms with Gasteiger partial charge in [-0.15, -0.1) is 0 Å². The molecule has 0 saturated heterocycles. The predicted octanol–water partition coefficient (Wildman–Crippen LogP) is 3.17. The smallest absolute Gasteiger partial charge is 0.243 e. The molecule has 6 nitrogen and oxygen atoms in total. The number of ether oxygens (including phenoxy) is 1. The lowest BCUT2D eigenvalue weighted by atomic mass is 9.92. The fourth-order valence-electron chi connectivity index (χ4n) is 3.56. The van der Waals surface area contributed by atoms with Crippen LogP contribution >= 0.6 is 11.6 Å². The average Bonchev–Trinajstić information content (AvgIpc) is 2.71. The van der Waals surface area contributed by atoms with Gasteiger partial charge in [-0.1, -0.05) is 35.9 Å². The fraction of sp³-hybridized carbons (Fsp3) is 0.381. The summed E-state index contributed by atoms with van der Waals surface area (Å²) in [6.45, 7) is 1.37. The van der Waals surface area contributed by atoms with Gasteiger partial charge >= 0.3 is 0 Å². The van der Waals surface area contributed by atoms with Gasteiger partial charge in [0.15, 0.2) is 0 Å². The molecule has 0 radical (unpaired) electrons. The van der Waals surface area contributed by atoms with Crippen molar-refractivity contribution in [2.45, 2.75) is 30.2 Å². The Balaban J connectivity index is 1.87. The quantitative estimate of drug-likeness (QED) is 0.645. The fourth-order valence-corrected chi connectivity index (χ4v) is 5.29. The van der Waals surface area contributed by atoms with Gasteiger partial charge in [0.05, 0.1) is 10.9 Å². The first-order chi connectivity index (χ1) is 13.9. The van der Waals surface area contributed by atoms with Gasteiger partial charge in [-0.25, -0.2) is 8.42 Å². The largest absolute Gasteiger partial charge is 0.385 e. The van der Waals surface area contributed by atoms with E-state index in [0.29, 0.717) is 37.6 Å². The van der Waals surface area contributed by atoms with Crippen LogP contribution in [-0.2, 0) is 26.0 Å². The molecule has 29 heavy (non-hydrogen) atoms. The summed E-state index contributed by atoms with van der Waals surface area (Å²) in [6.07, 6.45) is 1.38. The molecule has 0 spiro atoms. The summed E-state index contributed by atoms with van der Waals surface area (Å²) >= 11 is 5.91. The second-order valence-corrected chi connectivity index (χ2v) is 9.26. The van der Waals surface area contributed by atoms with Gasteiger partial charge in [-0.2, -0.15) is 4.31 Å². The predicted molar refractivity (Wildman–Crippen MR) is 112 cm³/mol. The van der Waals surface area contributed by atoms with E-state index in [0.717, 1.165) is 11.1 Å². The third kappa shape index (κ3) is 5.17. The molecule has 0 bridgehead atoms. The van der Waals surface area contributed by atoms with Crippen molar-refractivity contribution in [1.29, 1.82) is 0 Å². The Bertz CT molecular complexity index is 947. The summed E-state index contributed by atoms with van der Waals surface area (Å²) in [5, 5.41) is 3.33. The van der Waals surface area contributed by atoms with Crippen LogP contribution in [0.1, 0.15) is 30.0 Å². The number of halogens is 1. The number of benzene rings is 2. The Labute approximate surface area is 176 Å². The third-order valence-corrected chi connectivity index (χ3v) is 7.18. The van der Waals surface area contributed by atoms with Gasteiger partial charge in [-0.05, 0) is 48.2 Å². The highest BCUT2D eigenvalue weighted by Gasteiger charge is 2.37. The van der Waals surface area contributed by atoms with E-state index in [1.54, 1.807) is 19.2 Å². The lowest BCUT2D eigenvalue weighted by Crippen LogP contribution is -2.42. The minimum atomic E-state index is -3.77. The van der Waals surface area contributed by atoms with Crippen molar-refractivity contribution in [3.05, 3.63) is 64.7 Å². The van der Waals surface area contributed by atoms with Crippen molar-refractivity contribution in [1.82, 2.24) is 9.62 Å². The molecule has 2 aromatic carbocycles. The van der Waals surface area contributed by atoms with Crippen molar-refractivity contribution >= 4 is 27.5 Å². The first-order valence-corrected chi connectivity index (χ1v) is 11.4. The average molecular weight is 437 g/mol. The van der Waals surface area contributed by atoms with Gasteiger partial charge in [0.2, 0.25) is 15.9 Å². The van der Waals surface area contributed by atoms with Crippen molar-refractivity contribution < 1.29 is 17.9 Å². The van der Waals surface area contributed by atoms with E-state index >= 15 is 0 Å². The standard InChI is InChI=1S/C21H25ClN2O4S/c1-28-14-4-12-23-21(25)15-20-19-6-3-2-5-16(19)11-13-24(20)29(26,27)18-9-7-17(22)8-10-18/h2-3,5-10,20H,4,11-15H2,1H3,(H,23,25). The number of sulfonamides is 1. The van der Waals surface area contributed by atoms with Crippen LogP contribution in [0.25, 0.3) is 0 Å². The second-order valence-electron chi connectivity index (χ2n) is 6.93. The molecule has 2 aromatic rings. The van der Waals surface area contributed by atoms with Crippen LogP contribution in [0.2, 0.25) is 5.02 Å². The molecule has 1 amide bonds. The van der Waals surface area contributed by atoms with Crippen LogP contribution < -0.4 is 5.32 Å². The number of fused-ring (bicyclic) bond motifs is 1. The molecule has 1 aliphatic rings. The minimum absolute atomic E-state index is 0.0663. The SMILES string of the molecule is COCCCNC(=O)CC1c2ccccc2CCN1S(=O)(=O)c1ccc(Cl)cc1. The number of carbonyl (C=O) groups is 1. The Morgan fingerprint density at radius 1 is 1.21 bits per heavy atom. The zero-order chi connectivity index (χ0) is 20.9.